The Kier molecular flexibility index (Phi) is 7.33. The van der Waals surface area contributed by atoms with E-state index in [9.17, 15) is 18.3 Å². The van der Waals surface area contributed by atoms with Crippen LogP contribution in [0.5, 0.6) is 5.75 Å². The number of halogens is 4. The van der Waals surface area contributed by atoms with Crippen molar-refractivity contribution in [2.45, 2.75) is 39.0 Å². The van der Waals surface area contributed by atoms with Gasteiger partial charge in [-0.25, -0.2) is 0 Å². The predicted octanol–water partition coefficient (Wildman–Crippen LogP) is 5.85. The summed E-state index contributed by atoms with van der Waals surface area (Å²) in [5, 5.41) is 12.9. The lowest BCUT2D eigenvalue weighted by Gasteiger charge is -2.21. The second kappa shape index (κ2) is 9.78. The van der Waals surface area contributed by atoms with E-state index in [2.05, 4.69) is 5.16 Å². The highest BCUT2D eigenvalue weighted by atomic mass is 35.5. The van der Waals surface area contributed by atoms with Crippen LogP contribution in [0.2, 0.25) is 5.02 Å². The Balaban J connectivity index is 1.67. The number of rotatable bonds is 9. The van der Waals surface area contributed by atoms with Crippen molar-refractivity contribution >= 4 is 28.3 Å². The van der Waals surface area contributed by atoms with Crippen LogP contribution in [0, 0.1) is 0 Å². The Morgan fingerprint density at radius 2 is 2.00 bits per heavy atom. The minimum atomic E-state index is -4.57. The lowest BCUT2D eigenvalue weighted by Crippen LogP contribution is -2.20. The predicted molar refractivity (Wildman–Crippen MR) is 114 cm³/mol. The monoisotopic (exact) mass is 456 g/mol. The van der Waals surface area contributed by atoms with Crippen molar-refractivity contribution in [1.82, 2.24) is 5.16 Å². The fraction of sp³-hybridized carbons (Fsp3) is 0.409. The van der Waals surface area contributed by atoms with Crippen LogP contribution >= 0.6 is 11.6 Å². The number of benzene rings is 2. The summed E-state index contributed by atoms with van der Waals surface area (Å²) in [5.74, 6) is 0.507. The maximum absolute atomic E-state index is 13.1. The summed E-state index contributed by atoms with van der Waals surface area (Å²) in [6.45, 7) is 2.89. The Labute approximate surface area is 183 Å². The van der Waals surface area contributed by atoms with Crippen LogP contribution in [0.25, 0.3) is 11.0 Å². The van der Waals surface area contributed by atoms with Gasteiger partial charge in [-0.2, -0.15) is 13.2 Å². The van der Waals surface area contributed by atoms with Crippen LogP contribution in [-0.2, 0) is 19.2 Å². The summed E-state index contributed by atoms with van der Waals surface area (Å²) in [4.78, 5) is 1.98. The number of alkyl halides is 3. The third kappa shape index (κ3) is 5.25. The van der Waals surface area contributed by atoms with Crippen LogP contribution in [0.4, 0.5) is 18.9 Å². The third-order valence-corrected chi connectivity index (χ3v) is 5.27. The van der Waals surface area contributed by atoms with Crippen LogP contribution < -0.4 is 9.64 Å². The summed E-state index contributed by atoms with van der Waals surface area (Å²) in [7, 11) is 1.90. The van der Waals surface area contributed by atoms with Gasteiger partial charge in [0.05, 0.1) is 29.3 Å². The molecule has 0 radical (unpaired) electrons. The standard InChI is InChI=1S/C22H24ClF3N2O3/c1-3-5-15-19(9-7-16-20(15)31-27-21(16)22(24,25)26)30-11-4-10-28(2)18-8-6-14(13-29)12-17(18)23/h6-9,12,29H,3-5,10-11,13H2,1-2H3. The van der Waals surface area contributed by atoms with Crippen molar-refractivity contribution in [3.05, 3.63) is 52.2 Å². The molecule has 3 rings (SSSR count). The van der Waals surface area contributed by atoms with Gasteiger partial charge in [0.1, 0.15) is 5.75 Å². The molecule has 5 nitrogen and oxygen atoms in total. The summed E-state index contributed by atoms with van der Waals surface area (Å²) < 4.78 is 50.3. The molecule has 0 amide bonds. The molecule has 1 heterocycles. The first-order valence-corrected chi connectivity index (χ1v) is 10.4. The molecule has 168 valence electrons. The number of aliphatic hydroxyl groups is 1. The molecule has 0 aliphatic heterocycles. The van der Waals surface area contributed by atoms with Gasteiger partial charge in [0.15, 0.2) is 11.3 Å². The van der Waals surface area contributed by atoms with E-state index in [1.54, 1.807) is 12.1 Å². The number of aromatic nitrogens is 1. The number of hydrogen-bond acceptors (Lipinski definition) is 5. The Morgan fingerprint density at radius 1 is 1.23 bits per heavy atom. The topological polar surface area (TPSA) is 58.7 Å². The average molecular weight is 457 g/mol. The molecular formula is C22H24ClF3N2O3. The molecule has 1 aromatic heterocycles. The molecular weight excluding hydrogens is 433 g/mol. The highest BCUT2D eigenvalue weighted by molar-refractivity contribution is 6.33. The maximum atomic E-state index is 13.1. The zero-order valence-corrected chi connectivity index (χ0v) is 18.1. The number of aryl methyl sites for hydroxylation is 1. The molecule has 0 saturated heterocycles. The van der Waals surface area contributed by atoms with Gasteiger partial charge < -0.3 is 19.3 Å². The molecule has 0 saturated carbocycles. The van der Waals surface area contributed by atoms with Gasteiger partial charge >= 0.3 is 6.18 Å². The van der Waals surface area contributed by atoms with Crippen LogP contribution in [-0.4, -0.2) is 30.5 Å². The van der Waals surface area contributed by atoms with Crippen molar-refractivity contribution in [2.75, 3.05) is 25.1 Å². The first-order valence-electron chi connectivity index (χ1n) is 9.98. The van der Waals surface area contributed by atoms with Gasteiger partial charge in [-0.05, 0) is 42.7 Å². The zero-order valence-electron chi connectivity index (χ0n) is 17.3. The lowest BCUT2D eigenvalue weighted by atomic mass is 10.0. The molecule has 0 bridgehead atoms. The lowest BCUT2D eigenvalue weighted by molar-refractivity contribution is -0.141. The van der Waals surface area contributed by atoms with Crippen molar-refractivity contribution in [1.29, 1.82) is 0 Å². The van der Waals surface area contributed by atoms with E-state index in [0.717, 1.165) is 17.7 Å². The summed E-state index contributed by atoms with van der Waals surface area (Å²) in [5.41, 5.74) is 1.29. The Morgan fingerprint density at radius 3 is 2.65 bits per heavy atom. The smallest absolute Gasteiger partial charge is 0.437 e. The SMILES string of the molecule is CCCc1c(OCCCN(C)c2ccc(CO)cc2Cl)ccc2c(C(F)(F)F)noc12. The summed E-state index contributed by atoms with van der Waals surface area (Å²) >= 11 is 6.28. The molecule has 1 N–H and O–H groups in total. The van der Waals surface area contributed by atoms with E-state index in [0.29, 0.717) is 42.3 Å². The second-order valence-corrected chi connectivity index (χ2v) is 7.67. The first-order chi connectivity index (χ1) is 14.8. The third-order valence-electron chi connectivity index (χ3n) is 4.97. The highest BCUT2D eigenvalue weighted by Gasteiger charge is 2.37. The van der Waals surface area contributed by atoms with E-state index < -0.39 is 11.9 Å². The minimum Gasteiger partial charge on any atom is -0.493 e. The van der Waals surface area contributed by atoms with Gasteiger partial charge in [-0.15, -0.1) is 0 Å². The second-order valence-electron chi connectivity index (χ2n) is 7.27. The molecule has 0 aliphatic rings. The van der Waals surface area contributed by atoms with Crippen LogP contribution in [0.1, 0.15) is 36.6 Å². The van der Waals surface area contributed by atoms with E-state index in [1.165, 1.54) is 6.07 Å². The van der Waals surface area contributed by atoms with Gasteiger partial charge in [0.2, 0.25) is 0 Å². The van der Waals surface area contributed by atoms with E-state index >= 15 is 0 Å². The van der Waals surface area contributed by atoms with Gasteiger partial charge in [-0.1, -0.05) is 36.2 Å². The Hall–Kier alpha value is -2.45. The molecule has 0 aliphatic carbocycles. The zero-order chi connectivity index (χ0) is 22.6. The van der Waals surface area contributed by atoms with E-state index in [-0.39, 0.29) is 17.6 Å². The number of nitrogens with zero attached hydrogens (tertiary/aromatic N) is 2. The van der Waals surface area contributed by atoms with Crippen molar-refractivity contribution < 1.29 is 27.5 Å². The molecule has 0 spiro atoms. The fourth-order valence-electron chi connectivity index (χ4n) is 3.43. The number of hydrogen-bond donors (Lipinski definition) is 1. The molecule has 31 heavy (non-hydrogen) atoms. The normalized spacial score (nSPS) is 11.8. The summed E-state index contributed by atoms with van der Waals surface area (Å²) in [6, 6.07) is 8.28. The molecule has 9 heteroatoms. The van der Waals surface area contributed by atoms with Gasteiger partial charge in [0, 0.05) is 19.2 Å². The van der Waals surface area contributed by atoms with Gasteiger partial charge in [-0.3, -0.25) is 0 Å². The van der Waals surface area contributed by atoms with E-state index in [4.69, 9.17) is 20.9 Å². The van der Waals surface area contributed by atoms with Crippen LogP contribution in [0.3, 0.4) is 0 Å². The maximum Gasteiger partial charge on any atom is 0.437 e. The van der Waals surface area contributed by atoms with Crippen molar-refractivity contribution in [3.63, 3.8) is 0 Å². The Bertz CT molecular complexity index is 1040. The highest BCUT2D eigenvalue weighted by Crippen LogP contribution is 2.38. The van der Waals surface area contributed by atoms with Crippen molar-refractivity contribution in [2.24, 2.45) is 0 Å². The number of fused-ring (bicyclic) bond motifs is 1. The average Bonchev–Trinajstić information content (AvgIpc) is 3.17. The molecule has 2 aromatic carbocycles. The molecule has 0 atom stereocenters. The van der Waals surface area contributed by atoms with Crippen LogP contribution in [0.15, 0.2) is 34.9 Å². The molecule has 0 unspecified atom stereocenters. The quantitative estimate of drug-likeness (QED) is 0.409. The molecule has 3 aromatic rings. The number of aliphatic hydroxyl groups excluding tert-OH is 1. The van der Waals surface area contributed by atoms with Gasteiger partial charge in [0.25, 0.3) is 0 Å². The largest absolute Gasteiger partial charge is 0.493 e. The molecule has 0 fully saturated rings. The summed E-state index contributed by atoms with van der Waals surface area (Å²) in [6.07, 6.45) is -2.66. The minimum absolute atomic E-state index is 0.0519. The van der Waals surface area contributed by atoms with E-state index in [1.807, 2.05) is 31.0 Å². The fourth-order valence-corrected chi connectivity index (χ4v) is 3.78. The van der Waals surface area contributed by atoms with Crippen molar-refractivity contribution in [3.8, 4) is 5.75 Å². The number of ether oxygens (including phenoxy) is 1. The first kappa shape index (κ1) is 23.2. The number of anilines is 1.